The molecule has 0 bridgehead atoms. The predicted octanol–water partition coefficient (Wildman–Crippen LogP) is 3.31. The molecule has 0 spiro atoms. The first-order valence-corrected chi connectivity index (χ1v) is 5.18. The quantitative estimate of drug-likeness (QED) is 0.565. The first-order chi connectivity index (χ1) is 6.15. The molecule has 1 rings (SSSR count). The third-order valence-electron chi connectivity index (χ3n) is 3.10. The number of rotatable bonds is 0. The number of halogens is 1. The molecule has 74 valence electrons. The van der Waals surface area contributed by atoms with Crippen LogP contribution in [0, 0.1) is 29.1 Å². The van der Waals surface area contributed by atoms with Crippen LogP contribution in [0.1, 0.15) is 39.5 Å². The zero-order valence-electron chi connectivity index (χ0n) is 8.46. The lowest BCUT2D eigenvalue weighted by Gasteiger charge is -2.27. The highest BCUT2D eigenvalue weighted by atomic mass is 19.1. The summed E-state index contributed by atoms with van der Waals surface area (Å²) in [6, 6.07) is 2.12. The van der Waals surface area contributed by atoms with E-state index in [0.29, 0.717) is 12.3 Å². The molecule has 0 aromatic heterocycles. The molecular formula is C11H18FN. The summed E-state index contributed by atoms with van der Waals surface area (Å²) >= 11 is 0. The number of nitriles is 1. The SMILES string of the molecule is CC1CCCC(F)C(C#N)C(C)C1. The molecule has 1 aliphatic carbocycles. The Labute approximate surface area is 79.9 Å². The van der Waals surface area contributed by atoms with Crippen molar-refractivity contribution in [3.05, 3.63) is 0 Å². The summed E-state index contributed by atoms with van der Waals surface area (Å²) < 4.78 is 13.4. The van der Waals surface area contributed by atoms with E-state index >= 15 is 0 Å². The Morgan fingerprint density at radius 2 is 2.00 bits per heavy atom. The van der Waals surface area contributed by atoms with E-state index in [2.05, 4.69) is 13.0 Å². The van der Waals surface area contributed by atoms with Crippen molar-refractivity contribution in [2.45, 2.75) is 45.7 Å². The fourth-order valence-electron chi connectivity index (χ4n) is 2.30. The van der Waals surface area contributed by atoms with Gasteiger partial charge < -0.3 is 0 Å². The molecule has 1 fully saturated rings. The van der Waals surface area contributed by atoms with Crippen molar-refractivity contribution in [1.29, 1.82) is 5.26 Å². The minimum Gasteiger partial charge on any atom is -0.246 e. The summed E-state index contributed by atoms with van der Waals surface area (Å²) in [5.41, 5.74) is 0. The molecule has 0 heterocycles. The van der Waals surface area contributed by atoms with E-state index in [0.717, 1.165) is 19.3 Å². The predicted molar refractivity (Wildman–Crippen MR) is 50.8 cm³/mol. The van der Waals surface area contributed by atoms with Crippen LogP contribution in [0.4, 0.5) is 4.39 Å². The van der Waals surface area contributed by atoms with Crippen molar-refractivity contribution in [2.75, 3.05) is 0 Å². The lowest BCUT2D eigenvalue weighted by atomic mass is 9.79. The van der Waals surface area contributed by atoms with Crippen LogP contribution < -0.4 is 0 Å². The number of alkyl halides is 1. The van der Waals surface area contributed by atoms with Crippen molar-refractivity contribution in [3.8, 4) is 6.07 Å². The van der Waals surface area contributed by atoms with Crippen LogP contribution in [0.2, 0.25) is 0 Å². The maximum absolute atomic E-state index is 13.4. The van der Waals surface area contributed by atoms with Gasteiger partial charge in [0.15, 0.2) is 0 Å². The van der Waals surface area contributed by atoms with Crippen molar-refractivity contribution in [3.63, 3.8) is 0 Å². The standard InChI is InChI=1S/C11H18FN/c1-8-4-3-5-11(12)10(7-13)9(2)6-8/h8-11H,3-6H2,1-2H3. The van der Waals surface area contributed by atoms with Gasteiger partial charge in [0.2, 0.25) is 0 Å². The molecule has 0 N–H and O–H groups in total. The van der Waals surface area contributed by atoms with Gasteiger partial charge in [-0.3, -0.25) is 0 Å². The second-order valence-corrected chi connectivity index (χ2v) is 4.42. The van der Waals surface area contributed by atoms with Gasteiger partial charge in [0.25, 0.3) is 0 Å². The number of hydrogen-bond donors (Lipinski definition) is 0. The van der Waals surface area contributed by atoms with E-state index in [1.165, 1.54) is 0 Å². The van der Waals surface area contributed by atoms with Gasteiger partial charge in [-0.15, -0.1) is 0 Å². The molecule has 13 heavy (non-hydrogen) atoms. The second kappa shape index (κ2) is 4.60. The molecule has 1 saturated carbocycles. The largest absolute Gasteiger partial charge is 0.246 e. The van der Waals surface area contributed by atoms with Crippen molar-refractivity contribution in [1.82, 2.24) is 0 Å². The molecule has 0 aromatic rings. The minimum atomic E-state index is -0.896. The van der Waals surface area contributed by atoms with Gasteiger partial charge in [-0.2, -0.15) is 5.26 Å². The Balaban J connectivity index is 2.62. The molecular weight excluding hydrogens is 165 g/mol. The summed E-state index contributed by atoms with van der Waals surface area (Å²) in [6.07, 6.45) is 2.73. The molecule has 1 nitrogen and oxygen atoms in total. The Morgan fingerprint density at radius 1 is 1.31 bits per heavy atom. The lowest BCUT2D eigenvalue weighted by Crippen LogP contribution is -2.25. The van der Waals surface area contributed by atoms with E-state index in [1.54, 1.807) is 0 Å². The summed E-state index contributed by atoms with van der Waals surface area (Å²) in [5, 5.41) is 8.84. The number of nitrogens with zero attached hydrogens (tertiary/aromatic N) is 1. The van der Waals surface area contributed by atoms with Gasteiger partial charge in [0.05, 0.1) is 12.0 Å². The Morgan fingerprint density at radius 3 is 2.62 bits per heavy atom. The normalized spacial score (nSPS) is 41.7. The van der Waals surface area contributed by atoms with Gasteiger partial charge in [0.1, 0.15) is 6.17 Å². The zero-order valence-corrected chi connectivity index (χ0v) is 8.46. The van der Waals surface area contributed by atoms with Crippen molar-refractivity contribution >= 4 is 0 Å². The third-order valence-corrected chi connectivity index (χ3v) is 3.10. The molecule has 2 heteroatoms. The Hall–Kier alpha value is -0.580. The number of hydrogen-bond acceptors (Lipinski definition) is 1. The molecule has 0 radical (unpaired) electrons. The highest BCUT2D eigenvalue weighted by Crippen LogP contribution is 2.31. The summed E-state index contributed by atoms with van der Waals surface area (Å²) in [7, 11) is 0. The third kappa shape index (κ3) is 2.69. The van der Waals surface area contributed by atoms with E-state index < -0.39 is 6.17 Å². The summed E-state index contributed by atoms with van der Waals surface area (Å²) in [5.74, 6) is 0.497. The molecule has 0 aliphatic heterocycles. The van der Waals surface area contributed by atoms with Crippen LogP contribution in [0.3, 0.4) is 0 Å². The monoisotopic (exact) mass is 183 g/mol. The first kappa shape index (κ1) is 10.5. The average Bonchev–Trinajstić information content (AvgIpc) is 2.03. The molecule has 4 unspecified atom stereocenters. The van der Waals surface area contributed by atoms with Gasteiger partial charge in [-0.25, -0.2) is 4.39 Å². The van der Waals surface area contributed by atoms with Crippen LogP contribution in [-0.4, -0.2) is 6.17 Å². The van der Waals surface area contributed by atoms with E-state index in [9.17, 15) is 4.39 Å². The van der Waals surface area contributed by atoms with Gasteiger partial charge in [-0.1, -0.05) is 26.7 Å². The molecule has 0 amide bonds. The van der Waals surface area contributed by atoms with Crippen LogP contribution in [-0.2, 0) is 0 Å². The summed E-state index contributed by atoms with van der Waals surface area (Å²) in [6.45, 7) is 4.20. The van der Waals surface area contributed by atoms with E-state index in [-0.39, 0.29) is 11.8 Å². The Bertz CT molecular complexity index is 197. The minimum absolute atomic E-state index is 0.218. The van der Waals surface area contributed by atoms with Crippen LogP contribution >= 0.6 is 0 Å². The lowest BCUT2D eigenvalue weighted by molar-refractivity contribution is 0.161. The van der Waals surface area contributed by atoms with Gasteiger partial charge >= 0.3 is 0 Å². The highest BCUT2D eigenvalue weighted by molar-refractivity contribution is 4.93. The fraction of sp³-hybridized carbons (Fsp3) is 0.909. The van der Waals surface area contributed by atoms with Gasteiger partial charge in [0, 0.05) is 0 Å². The zero-order chi connectivity index (χ0) is 9.84. The summed E-state index contributed by atoms with van der Waals surface area (Å²) in [4.78, 5) is 0. The van der Waals surface area contributed by atoms with Crippen LogP contribution in [0.25, 0.3) is 0 Å². The van der Waals surface area contributed by atoms with Gasteiger partial charge in [-0.05, 0) is 24.7 Å². The highest BCUT2D eigenvalue weighted by Gasteiger charge is 2.29. The van der Waals surface area contributed by atoms with E-state index in [1.807, 2.05) is 6.92 Å². The first-order valence-electron chi connectivity index (χ1n) is 5.18. The maximum Gasteiger partial charge on any atom is 0.116 e. The van der Waals surface area contributed by atoms with Crippen molar-refractivity contribution in [2.24, 2.45) is 17.8 Å². The molecule has 4 atom stereocenters. The van der Waals surface area contributed by atoms with Crippen LogP contribution in [0.5, 0.6) is 0 Å². The fourth-order valence-corrected chi connectivity index (χ4v) is 2.30. The maximum atomic E-state index is 13.4. The molecule has 1 aliphatic rings. The smallest absolute Gasteiger partial charge is 0.116 e. The average molecular weight is 183 g/mol. The molecule has 0 saturated heterocycles. The second-order valence-electron chi connectivity index (χ2n) is 4.42. The topological polar surface area (TPSA) is 23.8 Å². The van der Waals surface area contributed by atoms with Crippen LogP contribution in [0.15, 0.2) is 0 Å². The van der Waals surface area contributed by atoms with E-state index in [4.69, 9.17) is 5.26 Å². The Kier molecular flexibility index (Phi) is 3.71. The van der Waals surface area contributed by atoms with Crippen molar-refractivity contribution < 1.29 is 4.39 Å². The molecule has 0 aromatic carbocycles.